The van der Waals surface area contributed by atoms with Crippen LogP contribution in [0.2, 0.25) is 0 Å². The van der Waals surface area contributed by atoms with Crippen molar-refractivity contribution in [1.29, 1.82) is 0 Å². The summed E-state index contributed by atoms with van der Waals surface area (Å²) in [7, 11) is 0. The minimum absolute atomic E-state index is 0. The summed E-state index contributed by atoms with van der Waals surface area (Å²) in [5, 5.41) is 0.866. The molecule has 0 fully saturated rings. The van der Waals surface area contributed by atoms with Gasteiger partial charge < -0.3 is 8.82 Å². The Morgan fingerprint density at radius 2 is 1.62 bits per heavy atom. The summed E-state index contributed by atoms with van der Waals surface area (Å²) in [5.41, 5.74) is 4.80. The van der Waals surface area contributed by atoms with Gasteiger partial charge in [0.2, 0.25) is 0 Å². The molecule has 0 amide bonds. The predicted octanol–water partition coefficient (Wildman–Crippen LogP) is 5.57. The first-order chi connectivity index (χ1) is 13.1. The summed E-state index contributed by atoms with van der Waals surface area (Å²) in [6.07, 6.45) is 0. The van der Waals surface area contributed by atoms with E-state index in [1.807, 2.05) is 24.3 Å². The Hall–Kier alpha value is -2.30. The normalized spacial score (nSPS) is 12.9. The van der Waals surface area contributed by atoms with Crippen LogP contribution in [0.15, 0.2) is 34.7 Å². The molecule has 5 aromatic rings. The summed E-state index contributed by atoms with van der Waals surface area (Å²) in [6, 6.07) is 13.4. The van der Waals surface area contributed by atoms with Gasteiger partial charge in [-0.1, -0.05) is 59.1 Å². The van der Waals surface area contributed by atoms with Gasteiger partial charge in [0.15, 0.2) is 5.89 Å². The predicted molar refractivity (Wildman–Crippen MR) is 112 cm³/mol. The number of aromatic nitrogens is 4. The third-order valence-corrected chi connectivity index (χ3v) is 4.99. The van der Waals surface area contributed by atoms with E-state index >= 15 is 0 Å². The molecule has 151 valence electrons. The van der Waals surface area contributed by atoms with Crippen LogP contribution in [0.5, 0.6) is 0 Å². The largest absolute Gasteiger partial charge is 0.487 e. The molecule has 3 aromatic heterocycles. The van der Waals surface area contributed by atoms with Crippen molar-refractivity contribution in [1.82, 2.24) is 19.4 Å². The van der Waals surface area contributed by atoms with Crippen LogP contribution in [0.1, 0.15) is 53.3 Å². The number of benzene rings is 2. The molecule has 5 rings (SSSR count). The molecule has 0 aliphatic carbocycles. The van der Waals surface area contributed by atoms with Gasteiger partial charge in [-0.25, -0.2) is 4.98 Å². The van der Waals surface area contributed by atoms with E-state index in [9.17, 15) is 0 Å². The quantitative estimate of drug-likeness (QED) is 0.231. The Balaban J connectivity index is 0.00000205. The molecule has 2 aromatic carbocycles. The van der Waals surface area contributed by atoms with E-state index in [4.69, 9.17) is 19.4 Å². The zero-order valence-corrected chi connectivity index (χ0v) is 19.8. The van der Waals surface area contributed by atoms with Crippen LogP contribution in [0, 0.1) is 6.07 Å². The smallest absolute Gasteiger partial charge is 0.188 e. The Labute approximate surface area is 182 Å². The third-order valence-electron chi connectivity index (χ3n) is 4.99. The topological polar surface area (TPSA) is 56.2 Å². The summed E-state index contributed by atoms with van der Waals surface area (Å²) >= 11 is 0. The fourth-order valence-corrected chi connectivity index (χ4v) is 3.59. The van der Waals surface area contributed by atoms with Gasteiger partial charge in [0.05, 0.1) is 27.8 Å². The van der Waals surface area contributed by atoms with Crippen molar-refractivity contribution in [2.75, 3.05) is 0 Å². The maximum atomic E-state index is 6.03. The molecule has 0 saturated heterocycles. The van der Waals surface area contributed by atoms with Gasteiger partial charge in [0, 0.05) is 36.5 Å². The van der Waals surface area contributed by atoms with Crippen LogP contribution in [-0.2, 0) is 30.9 Å². The second-order valence-electron chi connectivity index (χ2n) is 9.44. The maximum absolute atomic E-state index is 6.03. The summed E-state index contributed by atoms with van der Waals surface area (Å²) < 4.78 is 8.18. The molecule has 6 heteroatoms. The molecular weight excluding hydrogens is 540 g/mol. The summed E-state index contributed by atoms with van der Waals surface area (Å²) in [6.45, 7) is 12.8. The molecular formula is C23H23IrN4O-. The van der Waals surface area contributed by atoms with Crippen molar-refractivity contribution in [2.45, 2.75) is 52.4 Å². The molecule has 1 radical (unpaired) electrons. The molecule has 0 atom stereocenters. The number of rotatable bonds is 0. The van der Waals surface area contributed by atoms with Gasteiger partial charge in [-0.15, -0.1) is 12.1 Å². The fraction of sp³-hybridized carbons (Fsp3) is 0.348. The first kappa shape index (κ1) is 20.0. The van der Waals surface area contributed by atoms with Crippen LogP contribution in [0.3, 0.4) is 0 Å². The molecule has 29 heavy (non-hydrogen) atoms. The van der Waals surface area contributed by atoms with Gasteiger partial charge in [-0.05, 0) is 12.1 Å². The molecule has 0 N–H and O–H groups in total. The van der Waals surface area contributed by atoms with Gasteiger partial charge in [0.25, 0.3) is 0 Å². The van der Waals surface area contributed by atoms with Crippen molar-refractivity contribution >= 4 is 38.7 Å². The zero-order chi connectivity index (χ0) is 19.8. The van der Waals surface area contributed by atoms with Crippen molar-refractivity contribution in [2.24, 2.45) is 0 Å². The van der Waals surface area contributed by atoms with Crippen LogP contribution < -0.4 is 0 Å². The average Bonchev–Trinajstić information content (AvgIpc) is 3.21. The maximum Gasteiger partial charge on any atom is 0.188 e. The second-order valence-corrected chi connectivity index (χ2v) is 9.44. The van der Waals surface area contributed by atoms with E-state index in [2.05, 4.69) is 58.1 Å². The molecule has 0 aliphatic rings. The van der Waals surface area contributed by atoms with Crippen molar-refractivity contribution in [3.05, 3.63) is 48.1 Å². The summed E-state index contributed by atoms with van der Waals surface area (Å²) in [4.78, 5) is 14.8. The van der Waals surface area contributed by atoms with E-state index in [0.29, 0.717) is 11.5 Å². The number of para-hydroxylation sites is 2. The van der Waals surface area contributed by atoms with Crippen molar-refractivity contribution < 1.29 is 24.5 Å². The minimum Gasteiger partial charge on any atom is -0.487 e. The second kappa shape index (κ2) is 6.35. The van der Waals surface area contributed by atoms with E-state index in [-0.39, 0.29) is 30.9 Å². The molecule has 0 spiro atoms. The van der Waals surface area contributed by atoms with Crippen molar-refractivity contribution in [3.8, 4) is 0 Å². The van der Waals surface area contributed by atoms with Gasteiger partial charge >= 0.3 is 0 Å². The van der Waals surface area contributed by atoms with E-state index in [0.717, 1.165) is 38.9 Å². The number of fused-ring (bicyclic) bond motifs is 7. The Morgan fingerprint density at radius 1 is 0.897 bits per heavy atom. The van der Waals surface area contributed by atoms with Crippen LogP contribution in [0.25, 0.3) is 38.7 Å². The zero-order valence-electron chi connectivity index (χ0n) is 17.4. The fourth-order valence-electron chi connectivity index (χ4n) is 3.59. The third kappa shape index (κ3) is 2.97. The van der Waals surface area contributed by atoms with Gasteiger partial charge in [0.1, 0.15) is 5.82 Å². The molecule has 0 unspecified atom stereocenters. The minimum atomic E-state index is -0.176. The average molecular weight is 564 g/mol. The Morgan fingerprint density at radius 3 is 2.31 bits per heavy atom. The molecule has 0 bridgehead atoms. The number of imidazole rings is 1. The molecule has 3 heterocycles. The summed E-state index contributed by atoms with van der Waals surface area (Å²) in [5.74, 6) is 1.65. The number of hydrogen-bond acceptors (Lipinski definition) is 4. The number of nitrogens with zero attached hydrogens (tertiary/aromatic N) is 4. The van der Waals surface area contributed by atoms with Gasteiger partial charge in [-0.2, -0.15) is 0 Å². The van der Waals surface area contributed by atoms with Gasteiger partial charge in [-0.3, -0.25) is 9.97 Å². The standard InChI is InChI=1S/C23H23N4O.Ir/c1-22(2,3)20-25-17-13(19-24-14-9-7-8-10-15(14)27(19)20)11-12-16-18(17)26-21(28-16)23(4,5)6;/h7-10,12H,1-6H3;/q-1;. The first-order valence-electron chi connectivity index (χ1n) is 9.58. The number of oxazole rings is 1. The molecule has 5 nitrogen and oxygen atoms in total. The van der Waals surface area contributed by atoms with E-state index in [1.165, 1.54) is 0 Å². The van der Waals surface area contributed by atoms with Crippen LogP contribution in [-0.4, -0.2) is 19.4 Å². The van der Waals surface area contributed by atoms with Crippen LogP contribution >= 0.6 is 0 Å². The monoisotopic (exact) mass is 564 g/mol. The Kier molecular flexibility index (Phi) is 4.38. The van der Waals surface area contributed by atoms with Crippen LogP contribution in [0.4, 0.5) is 0 Å². The van der Waals surface area contributed by atoms with E-state index in [1.54, 1.807) is 0 Å². The Bertz CT molecular complexity index is 1380. The van der Waals surface area contributed by atoms with E-state index < -0.39 is 0 Å². The van der Waals surface area contributed by atoms with Crippen molar-refractivity contribution in [3.63, 3.8) is 0 Å². The SMILES string of the molecule is CC(C)(C)c1nc2c(c[c-]c3c2nc(C(C)(C)C)n2c4ccccc4nc32)o1.[Ir]. The molecule has 0 saturated carbocycles. The number of hydrogen-bond donors (Lipinski definition) is 0. The first-order valence-corrected chi connectivity index (χ1v) is 9.58. The molecule has 0 aliphatic heterocycles.